The Balaban J connectivity index is 1.81. The number of benzene rings is 2. The summed E-state index contributed by atoms with van der Waals surface area (Å²) in [6.07, 6.45) is 5.42. The third-order valence-electron chi connectivity index (χ3n) is 5.02. The van der Waals surface area contributed by atoms with E-state index in [1.54, 1.807) is 0 Å². The van der Waals surface area contributed by atoms with E-state index < -0.39 is 0 Å². The van der Waals surface area contributed by atoms with Crippen LogP contribution in [0.25, 0.3) is 16.9 Å². The van der Waals surface area contributed by atoms with E-state index in [0.29, 0.717) is 0 Å². The Hall–Kier alpha value is -2.58. The van der Waals surface area contributed by atoms with Gasteiger partial charge in [-0.15, -0.1) is 0 Å². The lowest BCUT2D eigenvalue weighted by Gasteiger charge is -2.27. The monoisotopic (exact) mass is 329 g/mol. The molecular formula is C23H23NO. The fourth-order valence-corrected chi connectivity index (χ4v) is 3.57. The highest BCUT2D eigenvalue weighted by molar-refractivity contribution is 5.91. The topological polar surface area (TPSA) is 12.5 Å². The Bertz CT molecular complexity index is 890. The predicted molar refractivity (Wildman–Crippen MR) is 105 cm³/mol. The van der Waals surface area contributed by atoms with Gasteiger partial charge in [-0.3, -0.25) is 0 Å². The molecule has 2 aromatic carbocycles. The molecule has 4 rings (SSSR count). The van der Waals surface area contributed by atoms with Crippen LogP contribution in [0.3, 0.4) is 0 Å². The number of hydrogen-bond donors (Lipinski definition) is 0. The number of allylic oxidation sites excluding steroid dienone is 2. The molecule has 2 aliphatic heterocycles. The van der Waals surface area contributed by atoms with Gasteiger partial charge < -0.3 is 9.64 Å². The zero-order valence-electron chi connectivity index (χ0n) is 14.9. The van der Waals surface area contributed by atoms with Gasteiger partial charge in [0, 0.05) is 29.8 Å². The van der Waals surface area contributed by atoms with Crippen molar-refractivity contribution in [2.45, 2.75) is 13.3 Å². The fraction of sp³-hybridized carbons (Fsp3) is 0.217. The van der Waals surface area contributed by atoms with Crippen LogP contribution >= 0.6 is 0 Å². The molecule has 0 aromatic heterocycles. The van der Waals surface area contributed by atoms with Crippen molar-refractivity contribution >= 4 is 16.9 Å². The number of hydrogen-bond acceptors (Lipinski definition) is 2. The lowest BCUT2D eigenvalue weighted by atomic mass is 9.90. The SMILES string of the molecule is C=C1C=C(c2ccccc2)Oc2c(C3=CCN(C)CC3)ccc(C)c21. The third-order valence-corrected chi connectivity index (χ3v) is 5.02. The molecule has 0 aliphatic carbocycles. The molecule has 0 fully saturated rings. The van der Waals surface area contributed by atoms with Crippen LogP contribution in [0.5, 0.6) is 5.75 Å². The summed E-state index contributed by atoms with van der Waals surface area (Å²) >= 11 is 0. The third kappa shape index (κ3) is 2.94. The van der Waals surface area contributed by atoms with E-state index in [1.165, 1.54) is 16.7 Å². The highest BCUT2D eigenvalue weighted by Crippen LogP contribution is 2.43. The summed E-state index contributed by atoms with van der Waals surface area (Å²) in [5.74, 6) is 1.83. The summed E-state index contributed by atoms with van der Waals surface area (Å²) in [5.41, 5.74) is 7.03. The molecule has 0 amide bonds. The van der Waals surface area contributed by atoms with Gasteiger partial charge in [0.2, 0.25) is 0 Å². The molecule has 0 bridgehead atoms. The summed E-state index contributed by atoms with van der Waals surface area (Å²) in [5, 5.41) is 0. The highest BCUT2D eigenvalue weighted by atomic mass is 16.5. The zero-order chi connectivity index (χ0) is 17.4. The average molecular weight is 329 g/mol. The predicted octanol–water partition coefficient (Wildman–Crippen LogP) is 5.16. The van der Waals surface area contributed by atoms with Crippen molar-refractivity contribution in [2.75, 3.05) is 20.1 Å². The molecule has 2 aromatic rings. The van der Waals surface area contributed by atoms with Gasteiger partial charge in [-0.25, -0.2) is 0 Å². The quantitative estimate of drug-likeness (QED) is 0.754. The minimum absolute atomic E-state index is 0.874. The molecule has 0 N–H and O–H groups in total. The van der Waals surface area contributed by atoms with E-state index in [9.17, 15) is 0 Å². The molecule has 2 nitrogen and oxygen atoms in total. The molecule has 126 valence electrons. The molecule has 0 saturated heterocycles. The van der Waals surface area contributed by atoms with E-state index in [-0.39, 0.29) is 0 Å². The van der Waals surface area contributed by atoms with E-state index in [4.69, 9.17) is 4.74 Å². The lowest BCUT2D eigenvalue weighted by molar-refractivity contribution is 0.369. The second-order valence-electron chi connectivity index (χ2n) is 6.88. The van der Waals surface area contributed by atoms with Crippen molar-refractivity contribution < 1.29 is 4.74 Å². The van der Waals surface area contributed by atoms with Gasteiger partial charge in [-0.1, -0.05) is 55.1 Å². The first kappa shape index (κ1) is 15.9. The largest absolute Gasteiger partial charge is 0.455 e. The maximum absolute atomic E-state index is 6.43. The van der Waals surface area contributed by atoms with E-state index in [1.807, 2.05) is 18.2 Å². The van der Waals surface area contributed by atoms with Crippen LogP contribution in [0.2, 0.25) is 0 Å². The number of likely N-dealkylation sites (N-methyl/N-ethyl adjacent to an activating group) is 1. The van der Waals surface area contributed by atoms with E-state index in [0.717, 1.165) is 47.7 Å². The second kappa shape index (κ2) is 6.38. The van der Waals surface area contributed by atoms with Crippen LogP contribution in [0.1, 0.15) is 28.7 Å². The van der Waals surface area contributed by atoms with E-state index >= 15 is 0 Å². The van der Waals surface area contributed by atoms with Gasteiger partial charge >= 0.3 is 0 Å². The van der Waals surface area contributed by atoms with Crippen LogP contribution in [-0.2, 0) is 0 Å². The maximum atomic E-state index is 6.43. The van der Waals surface area contributed by atoms with Gasteiger partial charge in [0.15, 0.2) is 0 Å². The molecule has 2 heteroatoms. The number of ether oxygens (including phenoxy) is 1. The van der Waals surface area contributed by atoms with E-state index in [2.05, 4.69) is 61.9 Å². The first-order valence-corrected chi connectivity index (χ1v) is 8.79. The molecule has 0 saturated carbocycles. The molecule has 2 aliphatic rings. The van der Waals surface area contributed by atoms with Crippen molar-refractivity contribution in [1.29, 1.82) is 0 Å². The number of fused-ring (bicyclic) bond motifs is 1. The minimum atomic E-state index is 0.874. The van der Waals surface area contributed by atoms with Crippen molar-refractivity contribution in [3.63, 3.8) is 0 Å². The summed E-state index contributed by atoms with van der Waals surface area (Å²) < 4.78 is 6.43. The first-order valence-electron chi connectivity index (χ1n) is 8.79. The highest BCUT2D eigenvalue weighted by Gasteiger charge is 2.24. The van der Waals surface area contributed by atoms with Crippen LogP contribution in [0, 0.1) is 6.92 Å². The molecule has 25 heavy (non-hydrogen) atoms. The Kier molecular flexibility index (Phi) is 4.06. The summed E-state index contributed by atoms with van der Waals surface area (Å²) in [7, 11) is 2.16. The lowest BCUT2D eigenvalue weighted by Crippen LogP contribution is -2.24. The van der Waals surface area contributed by atoms with Gasteiger partial charge in [-0.05, 0) is 43.2 Å². The summed E-state index contributed by atoms with van der Waals surface area (Å²) in [4.78, 5) is 2.33. The Morgan fingerprint density at radius 1 is 1.08 bits per heavy atom. The molecule has 0 radical (unpaired) electrons. The van der Waals surface area contributed by atoms with Gasteiger partial charge in [0.05, 0.1) is 0 Å². The van der Waals surface area contributed by atoms with Gasteiger partial charge in [0.1, 0.15) is 11.5 Å². The second-order valence-corrected chi connectivity index (χ2v) is 6.88. The summed E-state index contributed by atoms with van der Waals surface area (Å²) in [6.45, 7) is 8.50. The molecular weight excluding hydrogens is 306 g/mol. The van der Waals surface area contributed by atoms with Crippen molar-refractivity contribution in [1.82, 2.24) is 4.90 Å². The van der Waals surface area contributed by atoms with Crippen molar-refractivity contribution in [2.24, 2.45) is 0 Å². The Morgan fingerprint density at radius 2 is 1.88 bits per heavy atom. The van der Waals surface area contributed by atoms with Crippen molar-refractivity contribution in [3.05, 3.63) is 83.4 Å². The van der Waals surface area contributed by atoms with Crippen LogP contribution in [-0.4, -0.2) is 25.0 Å². The zero-order valence-corrected chi connectivity index (χ0v) is 14.9. The minimum Gasteiger partial charge on any atom is -0.455 e. The van der Waals surface area contributed by atoms with Crippen LogP contribution < -0.4 is 4.74 Å². The van der Waals surface area contributed by atoms with Crippen LogP contribution in [0.4, 0.5) is 0 Å². The number of nitrogens with zero attached hydrogens (tertiary/aromatic N) is 1. The van der Waals surface area contributed by atoms with Gasteiger partial charge in [-0.2, -0.15) is 0 Å². The first-order chi connectivity index (χ1) is 12.1. The summed E-state index contributed by atoms with van der Waals surface area (Å²) in [6, 6.07) is 14.6. The standard InChI is InChI=1S/C23H23NO/c1-16-9-10-20(18-11-13-24(3)14-12-18)23-22(16)17(2)15-21(25-23)19-7-5-4-6-8-19/h4-11,15H,2,12-14H2,1,3H3. The molecule has 0 spiro atoms. The average Bonchev–Trinajstić information content (AvgIpc) is 2.63. The van der Waals surface area contributed by atoms with Crippen LogP contribution in [0.15, 0.2) is 61.2 Å². The smallest absolute Gasteiger partial charge is 0.143 e. The van der Waals surface area contributed by atoms with Crippen molar-refractivity contribution in [3.8, 4) is 5.75 Å². The Morgan fingerprint density at radius 3 is 2.60 bits per heavy atom. The molecule has 0 unspecified atom stereocenters. The van der Waals surface area contributed by atoms with Gasteiger partial charge in [0.25, 0.3) is 0 Å². The number of rotatable bonds is 2. The molecule has 0 atom stereocenters. The normalized spacial score (nSPS) is 17.4. The maximum Gasteiger partial charge on any atom is 0.143 e. The molecule has 2 heterocycles. The fourth-order valence-electron chi connectivity index (χ4n) is 3.57. The Labute approximate surface area is 149 Å². The number of aryl methyl sites for hydroxylation is 1.